The molecule has 0 aliphatic rings. The molecule has 7 heteroatoms. The van der Waals surface area contributed by atoms with E-state index in [4.69, 9.17) is 9.76 Å². The molecule has 0 saturated carbocycles. The van der Waals surface area contributed by atoms with Crippen molar-refractivity contribution in [1.82, 2.24) is 0 Å². The molecule has 0 heterocycles. The first-order chi connectivity index (χ1) is 14.1. The molecule has 0 atom stereocenters. The summed E-state index contributed by atoms with van der Waals surface area (Å²) in [5.41, 5.74) is 3.01. The molecule has 4 aromatic carbocycles. The number of rotatable bonds is 6. The Kier molecular flexibility index (Phi) is 5.67. The number of fused-ring (bicyclic) bond motifs is 2. The van der Waals surface area contributed by atoms with E-state index in [1.165, 1.54) is 0 Å². The van der Waals surface area contributed by atoms with Gasteiger partial charge in [-0.1, -0.05) is 72.8 Å². The van der Waals surface area contributed by atoms with Crippen LogP contribution in [0.3, 0.4) is 0 Å². The van der Waals surface area contributed by atoms with Gasteiger partial charge in [-0.3, -0.25) is 0 Å². The summed E-state index contributed by atoms with van der Waals surface area (Å²) in [6.07, 6.45) is 0. The molecule has 4 aromatic rings. The third kappa shape index (κ3) is 3.67. The lowest BCUT2D eigenvalue weighted by atomic mass is 9.74. The molecular weight excluding hydrogens is 366 g/mol. The second-order valence-electron chi connectivity index (χ2n) is 6.82. The summed E-state index contributed by atoms with van der Waals surface area (Å²) in [5, 5.41) is 42.3. The van der Waals surface area contributed by atoms with E-state index in [1.54, 1.807) is 6.07 Å². The van der Waals surface area contributed by atoms with Crippen LogP contribution in [0.25, 0.3) is 32.7 Å². The summed E-state index contributed by atoms with van der Waals surface area (Å²) < 4.78 is 5.29. The zero-order valence-electron chi connectivity index (χ0n) is 15.7. The molecule has 4 rings (SSSR count). The average molecular weight is 386 g/mol. The predicted octanol–water partition coefficient (Wildman–Crippen LogP) is 1.04. The third-order valence-corrected chi connectivity index (χ3v) is 5.12. The van der Waals surface area contributed by atoms with Crippen LogP contribution in [0.4, 0.5) is 0 Å². The first-order valence-electron chi connectivity index (χ1n) is 9.42. The summed E-state index contributed by atoms with van der Waals surface area (Å²) in [5.74, 6) is 0. The monoisotopic (exact) mass is 386 g/mol. The summed E-state index contributed by atoms with van der Waals surface area (Å²) >= 11 is 0. The van der Waals surface area contributed by atoms with E-state index in [0.29, 0.717) is 10.9 Å². The van der Waals surface area contributed by atoms with Crippen molar-refractivity contribution in [2.75, 3.05) is 13.2 Å². The van der Waals surface area contributed by atoms with Crippen LogP contribution >= 0.6 is 0 Å². The third-order valence-electron chi connectivity index (χ3n) is 5.12. The number of hydrogen-bond donors (Lipinski definition) is 4. The molecule has 5 nitrogen and oxygen atoms in total. The predicted molar refractivity (Wildman–Crippen MR) is 117 cm³/mol. The highest BCUT2D eigenvalue weighted by molar-refractivity contribution is 6.63. The fourth-order valence-electron chi connectivity index (χ4n) is 3.81. The summed E-state index contributed by atoms with van der Waals surface area (Å²) in [7, 11) is -2.68. The Morgan fingerprint density at radius 1 is 0.621 bits per heavy atom. The largest absolute Gasteiger partial charge is 0.491 e. The number of aliphatic hydroxyl groups is 1. The van der Waals surface area contributed by atoms with E-state index in [2.05, 4.69) is 0 Å². The van der Waals surface area contributed by atoms with Gasteiger partial charge in [0.15, 0.2) is 0 Å². The van der Waals surface area contributed by atoms with E-state index < -0.39 is 14.2 Å². The normalized spacial score (nSPS) is 11.2. The zero-order chi connectivity index (χ0) is 20.4. The first-order valence-corrected chi connectivity index (χ1v) is 9.42. The van der Waals surface area contributed by atoms with Crippen LogP contribution in [0.15, 0.2) is 72.8 Å². The summed E-state index contributed by atoms with van der Waals surface area (Å²) in [6, 6.07) is 22.7. The van der Waals surface area contributed by atoms with Gasteiger partial charge in [-0.25, -0.2) is 0 Å². The van der Waals surface area contributed by atoms with E-state index in [-0.39, 0.29) is 13.2 Å². The van der Waals surface area contributed by atoms with Gasteiger partial charge in [0, 0.05) is 0 Å². The molecule has 0 bridgehead atoms. The van der Waals surface area contributed by atoms with Crippen molar-refractivity contribution in [1.29, 1.82) is 0 Å². The Bertz CT molecular complexity index is 1160. The van der Waals surface area contributed by atoms with Gasteiger partial charge in [0.25, 0.3) is 0 Å². The van der Waals surface area contributed by atoms with Gasteiger partial charge in [-0.2, -0.15) is 0 Å². The van der Waals surface area contributed by atoms with Gasteiger partial charge >= 0.3 is 14.2 Å². The quantitative estimate of drug-likeness (QED) is 0.372. The molecular formula is C22H20B2O5. The summed E-state index contributed by atoms with van der Waals surface area (Å²) in [4.78, 5) is 0. The molecule has 0 aliphatic heterocycles. The molecule has 0 unspecified atom stereocenters. The highest BCUT2D eigenvalue weighted by Crippen LogP contribution is 2.33. The zero-order valence-corrected chi connectivity index (χ0v) is 15.7. The van der Waals surface area contributed by atoms with E-state index in [9.17, 15) is 15.1 Å². The second-order valence-corrected chi connectivity index (χ2v) is 6.82. The van der Waals surface area contributed by atoms with Crippen molar-refractivity contribution in [3.63, 3.8) is 0 Å². The lowest BCUT2D eigenvalue weighted by Crippen LogP contribution is -2.35. The maximum atomic E-state index is 10.4. The number of hydrogen-bond acceptors (Lipinski definition) is 5. The standard InChI is InChI=1S/C22H20B2O5/c25-13-14-29-24(28)22-12-10-18(16-6-2-4-8-20(16)22)17-9-11-21(23(26)27)19-7-3-1-5-15(17)19/h1-12,25-28H,13-14H2. The van der Waals surface area contributed by atoms with Gasteiger partial charge in [0.2, 0.25) is 0 Å². The number of benzene rings is 4. The minimum atomic E-state index is -1.55. The minimum Gasteiger partial charge on any atom is -0.423 e. The molecule has 0 fully saturated rings. The van der Waals surface area contributed by atoms with E-state index in [1.807, 2.05) is 66.7 Å². The maximum Gasteiger partial charge on any atom is 0.491 e. The molecule has 0 radical (unpaired) electrons. The molecule has 0 spiro atoms. The Balaban J connectivity index is 1.93. The van der Waals surface area contributed by atoms with Crippen molar-refractivity contribution in [2.24, 2.45) is 0 Å². The van der Waals surface area contributed by atoms with Crippen LogP contribution in [0, 0.1) is 0 Å². The Hall–Kier alpha value is -2.67. The van der Waals surface area contributed by atoms with Crippen molar-refractivity contribution in [2.45, 2.75) is 0 Å². The lowest BCUT2D eigenvalue weighted by molar-refractivity contribution is 0.183. The van der Waals surface area contributed by atoms with Gasteiger partial charge in [0.05, 0.1) is 13.2 Å². The van der Waals surface area contributed by atoms with Gasteiger partial charge in [0.1, 0.15) is 0 Å². The van der Waals surface area contributed by atoms with Crippen LogP contribution in [-0.4, -0.2) is 47.6 Å². The van der Waals surface area contributed by atoms with E-state index >= 15 is 0 Å². The van der Waals surface area contributed by atoms with Crippen LogP contribution in [0.1, 0.15) is 0 Å². The molecule has 29 heavy (non-hydrogen) atoms. The average Bonchev–Trinajstić information content (AvgIpc) is 2.76. The summed E-state index contributed by atoms with van der Waals surface area (Å²) in [6.45, 7) is -0.116. The molecule has 0 aliphatic carbocycles. The SMILES string of the molecule is OCCOB(O)c1ccc(-c2ccc(B(O)O)c3ccccc23)c2ccccc12. The molecule has 0 amide bonds. The van der Waals surface area contributed by atoms with Crippen LogP contribution < -0.4 is 10.9 Å². The van der Waals surface area contributed by atoms with Crippen LogP contribution in [0.2, 0.25) is 0 Å². The van der Waals surface area contributed by atoms with Crippen LogP contribution in [0.5, 0.6) is 0 Å². The first kappa shape index (κ1) is 19.6. The molecule has 144 valence electrons. The highest BCUT2D eigenvalue weighted by atomic mass is 16.5. The van der Waals surface area contributed by atoms with Gasteiger partial charge in [-0.05, 0) is 43.6 Å². The second kappa shape index (κ2) is 8.37. The van der Waals surface area contributed by atoms with E-state index in [0.717, 1.165) is 32.7 Å². The minimum absolute atomic E-state index is 0.0484. The van der Waals surface area contributed by atoms with Crippen LogP contribution in [-0.2, 0) is 4.65 Å². The Morgan fingerprint density at radius 2 is 1.10 bits per heavy atom. The smallest absolute Gasteiger partial charge is 0.423 e. The van der Waals surface area contributed by atoms with Crippen molar-refractivity contribution in [3.05, 3.63) is 72.8 Å². The Morgan fingerprint density at radius 3 is 1.62 bits per heavy atom. The van der Waals surface area contributed by atoms with Crippen molar-refractivity contribution >= 4 is 46.7 Å². The van der Waals surface area contributed by atoms with Crippen molar-refractivity contribution in [3.8, 4) is 11.1 Å². The topological polar surface area (TPSA) is 90.2 Å². The molecule has 0 saturated heterocycles. The molecule has 0 aromatic heterocycles. The van der Waals surface area contributed by atoms with Crippen molar-refractivity contribution < 1.29 is 24.8 Å². The lowest BCUT2D eigenvalue weighted by Gasteiger charge is -2.16. The highest BCUT2D eigenvalue weighted by Gasteiger charge is 2.22. The fourth-order valence-corrected chi connectivity index (χ4v) is 3.81. The van der Waals surface area contributed by atoms with Gasteiger partial charge < -0.3 is 24.8 Å². The molecule has 4 N–H and O–H groups in total. The maximum absolute atomic E-state index is 10.4. The number of aliphatic hydroxyl groups excluding tert-OH is 1. The fraction of sp³-hybridized carbons (Fsp3) is 0.0909. The Labute approximate surface area is 169 Å². The van der Waals surface area contributed by atoms with Gasteiger partial charge in [-0.15, -0.1) is 0 Å².